The van der Waals surface area contributed by atoms with Crippen molar-refractivity contribution in [3.63, 3.8) is 0 Å². The van der Waals surface area contributed by atoms with Crippen molar-refractivity contribution in [1.82, 2.24) is 4.57 Å². The van der Waals surface area contributed by atoms with Gasteiger partial charge in [0.2, 0.25) is 0 Å². The zero-order chi connectivity index (χ0) is 35.8. The van der Waals surface area contributed by atoms with Gasteiger partial charge in [0.05, 0.1) is 16.7 Å². The van der Waals surface area contributed by atoms with Crippen LogP contribution in [0.3, 0.4) is 0 Å². The molecule has 0 N–H and O–H groups in total. The van der Waals surface area contributed by atoms with E-state index in [9.17, 15) is 0 Å². The molecule has 10 rings (SSSR count). The Hall–Kier alpha value is -7.16. The van der Waals surface area contributed by atoms with Gasteiger partial charge in [-0.3, -0.25) is 0 Å². The zero-order valence-electron chi connectivity index (χ0n) is 29.7. The number of hydrogen-bond donors (Lipinski definition) is 0. The average Bonchev–Trinajstić information content (AvgIpc) is 3.60. The Kier molecular flexibility index (Phi) is 7.85. The minimum Gasteiger partial charge on any atom is -0.310 e. The molecular weight excluding hydrogens is 653 g/mol. The molecule has 0 atom stereocenters. The maximum absolute atomic E-state index is 2.45. The van der Waals surface area contributed by atoms with E-state index in [-0.39, 0.29) is 0 Å². The third kappa shape index (κ3) is 5.53. The predicted molar refractivity (Wildman–Crippen MR) is 229 cm³/mol. The fraction of sp³-hybridized carbons (Fsp3) is 0. The van der Waals surface area contributed by atoms with Gasteiger partial charge in [0, 0.05) is 38.8 Å². The highest BCUT2D eigenvalue weighted by atomic mass is 15.1. The first-order chi connectivity index (χ1) is 26.8. The van der Waals surface area contributed by atoms with Crippen LogP contribution in [0.25, 0.3) is 71.6 Å². The molecule has 0 amide bonds. The van der Waals surface area contributed by atoms with E-state index >= 15 is 0 Å². The fourth-order valence-electron chi connectivity index (χ4n) is 8.02. The number of fused-ring (bicyclic) bond motifs is 5. The molecular formula is C52H36N2. The van der Waals surface area contributed by atoms with Gasteiger partial charge in [0.1, 0.15) is 0 Å². The molecule has 0 fully saturated rings. The number of hydrogen-bond acceptors (Lipinski definition) is 1. The molecule has 2 heteroatoms. The lowest BCUT2D eigenvalue weighted by atomic mass is 9.98. The van der Waals surface area contributed by atoms with Crippen LogP contribution in [-0.2, 0) is 0 Å². The lowest BCUT2D eigenvalue weighted by Gasteiger charge is -2.28. The molecule has 1 heterocycles. The van der Waals surface area contributed by atoms with Crippen LogP contribution in [0.5, 0.6) is 0 Å². The molecule has 254 valence electrons. The third-order valence-electron chi connectivity index (χ3n) is 10.6. The maximum Gasteiger partial charge on any atom is 0.0619 e. The van der Waals surface area contributed by atoms with E-state index in [2.05, 4.69) is 228 Å². The van der Waals surface area contributed by atoms with Crippen LogP contribution in [0.1, 0.15) is 0 Å². The number of rotatable bonds is 7. The Bertz CT molecular complexity index is 2910. The van der Waals surface area contributed by atoms with E-state index in [4.69, 9.17) is 0 Å². The van der Waals surface area contributed by atoms with Gasteiger partial charge in [-0.05, 0) is 75.7 Å². The number of nitrogens with zero attached hydrogens (tertiary/aromatic N) is 2. The summed E-state index contributed by atoms with van der Waals surface area (Å²) in [6, 6.07) is 78.9. The predicted octanol–water partition coefficient (Wildman–Crippen LogP) is 14.4. The molecule has 0 aliphatic carbocycles. The summed E-state index contributed by atoms with van der Waals surface area (Å²) in [5, 5.41) is 4.99. The molecule has 0 saturated heterocycles. The first-order valence-electron chi connectivity index (χ1n) is 18.5. The molecule has 0 radical (unpaired) electrons. The minimum absolute atomic E-state index is 1.08. The SMILES string of the molecule is c1ccc(-c2ccc(-c3ccccc3N(c3ccc(-c4ccccc4)cc3)c3cccc(-n4c5ccccc5c5ccc6ccccc6c54)c3)cc2)cc1. The van der Waals surface area contributed by atoms with Gasteiger partial charge in [0.15, 0.2) is 0 Å². The van der Waals surface area contributed by atoms with Gasteiger partial charge in [-0.15, -0.1) is 0 Å². The van der Waals surface area contributed by atoms with E-state index in [0.29, 0.717) is 0 Å². The molecule has 0 aliphatic heterocycles. The summed E-state index contributed by atoms with van der Waals surface area (Å²) < 4.78 is 2.45. The van der Waals surface area contributed by atoms with E-state index < -0.39 is 0 Å². The second kappa shape index (κ2) is 13.4. The highest BCUT2D eigenvalue weighted by Crippen LogP contribution is 2.43. The molecule has 0 saturated carbocycles. The Labute approximate surface area is 315 Å². The quantitative estimate of drug-likeness (QED) is 0.162. The van der Waals surface area contributed by atoms with E-state index in [0.717, 1.165) is 28.3 Å². The third-order valence-corrected chi connectivity index (χ3v) is 10.6. The summed E-state index contributed by atoms with van der Waals surface area (Å²) in [5.41, 5.74) is 14.0. The second-order valence-electron chi connectivity index (χ2n) is 13.8. The number of anilines is 3. The van der Waals surface area contributed by atoms with Gasteiger partial charge in [-0.2, -0.15) is 0 Å². The molecule has 1 aromatic heterocycles. The molecule has 10 aromatic rings. The highest BCUT2D eigenvalue weighted by Gasteiger charge is 2.20. The van der Waals surface area contributed by atoms with Gasteiger partial charge in [-0.25, -0.2) is 0 Å². The van der Waals surface area contributed by atoms with Crippen LogP contribution in [-0.4, -0.2) is 4.57 Å². The molecule has 2 nitrogen and oxygen atoms in total. The fourth-order valence-corrected chi connectivity index (χ4v) is 8.02. The van der Waals surface area contributed by atoms with Crippen molar-refractivity contribution in [2.24, 2.45) is 0 Å². The van der Waals surface area contributed by atoms with E-state index in [1.165, 1.54) is 60.4 Å². The van der Waals surface area contributed by atoms with Crippen LogP contribution in [0.15, 0.2) is 218 Å². The van der Waals surface area contributed by atoms with Crippen LogP contribution < -0.4 is 4.90 Å². The summed E-state index contributed by atoms with van der Waals surface area (Å²) in [6.45, 7) is 0. The molecule has 0 bridgehead atoms. The van der Waals surface area contributed by atoms with Crippen LogP contribution in [0, 0.1) is 0 Å². The van der Waals surface area contributed by atoms with Crippen molar-refractivity contribution >= 4 is 49.6 Å². The van der Waals surface area contributed by atoms with Gasteiger partial charge in [-0.1, -0.05) is 176 Å². The van der Waals surface area contributed by atoms with E-state index in [1.807, 2.05) is 0 Å². The van der Waals surface area contributed by atoms with Crippen molar-refractivity contribution in [3.05, 3.63) is 218 Å². The maximum atomic E-state index is 2.45. The van der Waals surface area contributed by atoms with Crippen molar-refractivity contribution in [3.8, 4) is 39.1 Å². The Morgan fingerprint density at radius 3 is 1.65 bits per heavy atom. The second-order valence-corrected chi connectivity index (χ2v) is 13.8. The largest absolute Gasteiger partial charge is 0.310 e. The minimum atomic E-state index is 1.08. The van der Waals surface area contributed by atoms with Crippen molar-refractivity contribution in [2.45, 2.75) is 0 Å². The highest BCUT2D eigenvalue weighted by molar-refractivity contribution is 6.18. The van der Waals surface area contributed by atoms with Gasteiger partial charge in [0.25, 0.3) is 0 Å². The summed E-state index contributed by atoms with van der Waals surface area (Å²) in [7, 11) is 0. The van der Waals surface area contributed by atoms with Crippen molar-refractivity contribution in [1.29, 1.82) is 0 Å². The van der Waals surface area contributed by atoms with Crippen LogP contribution in [0.2, 0.25) is 0 Å². The Morgan fingerprint density at radius 2 is 0.907 bits per heavy atom. The van der Waals surface area contributed by atoms with Crippen molar-refractivity contribution in [2.75, 3.05) is 4.90 Å². The summed E-state index contributed by atoms with van der Waals surface area (Å²) in [4.78, 5) is 2.41. The summed E-state index contributed by atoms with van der Waals surface area (Å²) in [5.74, 6) is 0. The van der Waals surface area contributed by atoms with Gasteiger partial charge < -0.3 is 9.47 Å². The lowest BCUT2D eigenvalue weighted by molar-refractivity contribution is 1.17. The molecule has 0 unspecified atom stereocenters. The van der Waals surface area contributed by atoms with Crippen LogP contribution in [0.4, 0.5) is 17.1 Å². The average molecular weight is 689 g/mol. The monoisotopic (exact) mass is 688 g/mol. The summed E-state index contributed by atoms with van der Waals surface area (Å²) >= 11 is 0. The van der Waals surface area contributed by atoms with E-state index in [1.54, 1.807) is 0 Å². The lowest BCUT2D eigenvalue weighted by Crippen LogP contribution is -2.11. The summed E-state index contributed by atoms with van der Waals surface area (Å²) in [6.07, 6.45) is 0. The number of benzene rings is 9. The first kappa shape index (κ1) is 31.6. The Balaban J connectivity index is 1.17. The molecule has 0 aliphatic rings. The number of aromatic nitrogens is 1. The smallest absolute Gasteiger partial charge is 0.0619 e. The standard InChI is InChI=1S/C52H36N2/c1-3-14-37(15-4-1)39-26-28-42(29-27-39)46-21-9-11-24-50(46)53(43-33-30-40(31-34-43)38-16-5-2-6-17-38)44-19-13-20-45(36-44)54-51-25-12-10-23-48(51)49-35-32-41-18-7-8-22-47(41)52(49)54/h1-36H. The molecule has 54 heavy (non-hydrogen) atoms. The first-order valence-corrected chi connectivity index (χ1v) is 18.5. The van der Waals surface area contributed by atoms with Crippen LogP contribution >= 0.6 is 0 Å². The normalized spacial score (nSPS) is 11.3. The topological polar surface area (TPSA) is 8.17 Å². The zero-order valence-corrected chi connectivity index (χ0v) is 29.7. The van der Waals surface area contributed by atoms with Crippen molar-refractivity contribution < 1.29 is 0 Å². The molecule has 9 aromatic carbocycles. The van der Waals surface area contributed by atoms with Gasteiger partial charge >= 0.3 is 0 Å². The Morgan fingerprint density at radius 1 is 0.333 bits per heavy atom. The number of para-hydroxylation sites is 2. The molecule has 0 spiro atoms.